The van der Waals surface area contributed by atoms with Crippen molar-refractivity contribution in [1.82, 2.24) is 9.97 Å². The van der Waals surface area contributed by atoms with Gasteiger partial charge in [-0.15, -0.1) is 19.7 Å². The molecule has 0 aromatic carbocycles. The van der Waals surface area contributed by atoms with Gasteiger partial charge < -0.3 is 0 Å². The molecule has 0 spiro atoms. The highest BCUT2D eigenvalue weighted by Crippen LogP contribution is 2.08. The summed E-state index contributed by atoms with van der Waals surface area (Å²) in [5, 5.41) is 0. The molecule has 0 saturated carbocycles. The van der Waals surface area contributed by atoms with E-state index in [4.69, 9.17) is 0 Å². The molecule has 15 heavy (non-hydrogen) atoms. The summed E-state index contributed by atoms with van der Waals surface area (Å²) in [4.78, 5) is 8.89. The average molecular weight is 200 g/mol. The standard InChI is InChI=1S/C13H16N2/c1-4-7-11-10-14-12(8-5-2)13(15-11)9-6-3/h4-6,10H,1-3,7-9H2. The Kier molecular flexibility index (Phi) is 4.48. The van der Waals surface area contributed by atoms with Crippen molar-refractivity contribution in [3.63, 3.8) is 0 Å². The molecule has 0 aliphatic rings. The Hall–Kier alpha value is -1.70. The van der Waals surface area contributed by atoms with Crippen LogP contribution < -0.4 is 0 Å². The lowest BCUT2D eigenvalue weighted by molar-refractivity contribution is 0.918. The van der Waals surface area contributed by atoms with Gasteiger partial charge in [-0.25, -0.2) is 0 Å². The molecule has 2 heteroatoms. The third kappa shape index (κ3) is 3.17. The molecule has 0 aliphatic heterocycles. The second-order valence-corrected chi connectivity index (χ2v) is 3.23. The maximum Gasteiger partial charge on any atom is 0.0662 e. The van der Waals surface area contributed by atoms with Crippen molar-refractivity contribution in [2.24, 2.45) is 0 Å². The summed E-state index contributed by atoms with van der Waals surface area (Å²) in [7, 11) is 0. The summed E-state index contributed by atoms with van der Waals surface area (Å²) in [5.74, 6) is 0. The Morgan fingerprint density at radius 3 is 2.13 bits per heavy atom. The van der Waals surface area contributed by atoms with Gasteiger partial charge in [0, 0.05) is 25.5 Å². The summed E-state index contributed by atoms with van der Waals surface area (Å²) in [6.45, 7) is 11.1. The van der Waals surface area contributed by atoms with Crippen LogP contribution in [0.1, 0.15) is 17.1 Å². The van der Waals surface area contributed by atoms with Gasteiger partial charge >= 0.3 is 0 Å². The minimum Gasteiger partial charge on any atom is -0.257 e. The average Bonchev–Trinajstić information content (AvgIpc) is 2.23. The van der Waals surface area contributed by atoms with Crippen molar-refractivity contribution in [1.29, 1.82) is 0 Å². The van der Waals surface area contributed by atoms with Crippen molar-refractivity contribution in [2.45, 2.75) is 19.3 Å². The van der Waals surface area contributed by atoms with E-state index in [1.165, 1.54) is 0 Å². The molecule has 0 radical (unpaired) electrons. The second kappa shape index (κ2) is 5.91. The quantitative estimate of drug-likeness (QED) is 0.660. The summed E-state index contributed by atoms with van der Waals surface area (Å²) in [6.07, 6.45) is 9.57. The molecule has 0 bridgehead atoms. The number of aromatic nitrogens is 2. The molecule has 1 rings (SSSR count). The highest BCUT2D eigenvalue weighted by atomic mass is 14.8. The van der Waals surface area contributed by atoms with Gasteiger partial charge in [-0.1, -0.05) is 18.2 Å². The van der Waals surface area contributed by atoms with E-state index in [0.717, 1.165) is 36.3 Å². The largest absolute Gasteiger partial charge is 0.257 e. The van der Waals surface area contributed by atoms with Gasteiger partial charge in [-0.05, 0) is 0 Å². The van der Waals surface area contributed by atoms with E-state index in [1.807, 2.05) is 18.2 Å². The van der Waals surface area contributed by atoms with Crippen LogP contribution in [0.2, 0.25) is 0 Å². The van der Waals surface area contributed by atoms with Gasteiger partial charge in [0.1, 0.15) is 0 Å². The molecule has 0 N–H and O–H groups in total. The third-order valence-corrected chi connectivity index (χ3v) is 2.01. The van der Waals surface area contributed by atoms with Crippen LogP contribution in [0.5, 0.6) is 0 Å². The van der Waals surface area contributed by atoms with E-state index in [9.17, 15) is 0 Å². The zero-order chi connectivity index (χ0) is 11.1. The van der Waals surface area contributed by atoms with Crippen LogP contribution >= 0.6 is 0 Å². The van der Waals surface area contributed by atoms with E-state index < -0.39 is 0 Å². The Morgan fingerprint density at radius 2 is 1.53 bits per heavy atom. The lowest BCUT2D eigenvalue weighted by atomic mass is 10.1. The lowest BCUT2D eigenvalue weighted by Gasteiger charge is -2.05. The van der Waals surface area contributed by atoms with Crippen LogP contribution in [0.4, 0.5) is 0 Å². The van der Waals surface area contributed by atoms with Crippen LogP contribution in [-0.2, 0) is 19.3 Å². The molecule has 1 aromatic heterocycles. The van der Waals surface area contributed by atoms with Crippen molar-refractivity contribution in [2.75, 3.05) is 0 Å². The molecular weight excluding hydrogens is 184 g/mol. The van der Waals surface area contributed by atoms with Gasteiger partial charge in [0.2, 0.25) is 0 Å². The Bertz CT molecular complexity index is 367. The lowest BCUT2D eigenvalue weighted by Crippen LogP contribution is -2.03. The molecule has 0 saturated heterocycles. The van der Waals surface area contributed by atoms with Crippen LogP contribution in [0.3, 0.4) is 0 Å². The monoisotopic (exact) mass is 200 g/mol. The number of hydrogen-bond donors (Lipinski definition) is 0. The van der Waals surface area contributed by atoms with Crippen molar-refractivity contribution < 1.29 is 0 Å². The maximum atomic E-state index is 4.52. The third-order valence-electron chi connectivity index (χ3n) is 2.01. The van der Waals surface area contributed by atoms with Crippen LogP contribution in [0.25, 0.3) is 0 Å². The van der Waals surface area contributed by atoms with Gasteiger partial charge in [0.25, 0.3) is 0 Å². The molecule has 78 valence electrons. The predicted molar refractivity (Wildman–Crippen MR) is 63.7 cm³/mol. The highest BCUT2D eigenvalue weighted by Gasteiger charge is 2.04. The second-order valence-electron chi connectivity index (χ2n) is 3.23. The minimum absolute atomic E-state index is 0.751. The summed E-state index contributed by atoms with van der Waals surface area (Å²) >= 11 is 0. The van der Waals surface area contributed by atoms with E-state index in [-0.39, 0.29) is 0 Å². The van der Waals surface area contributed by atoms with Crippen molar-refractivity contribution >= 4 is 0 Å². The first kappa shape index (κ1) is 11.4. The Labute approximate surface area is 91.1 Å². The molecule has 0 amide bonds. The molecule has 0 atom stereocenters. The predicted octanol–water partition coefficient (Wildman–Crippen LogP) is 2.66. The molecule has 0 unspecified atom stereocenters. The zero-order valence-electron chi connectivity index (χ0n) is 8.95. The number of hydrogen-bond acceptors (Lipinski definition) is 2. The van der Waals surface area contributed by atoms with E-state index in [0.29, 0.717) is 0 Å². The smallest absolute Gasteiger partial charge is 0.0662 e. The number of rotatable bonds is 6. The molecule has 2 nitrogen and oxygen atoms in total. The van der Waals surface area contributed by atoms with Gasteiger partial charge in [0.05, 0.1) is 17.1 Å². The fourth-order valence-electron chi connectivity index (χ4n) is 1.35. The highest BCUT2D eigenvalue weighted by molar-refractivity contribution is 5.19. The zero-order valence-corrected chi connectivity index (χ0v) is 8.95. The van der Waals surface area contributed by atoms with E-state index >= 15 is 0 Å². The number of allylic oxidation sites excluding steroid dienone is 3. The topological polar surface area (TPSA) is 25.8 Å². The van der Waals surface area contributed by atoms with E-state index in [1.54, 1.807) is 6.20 Å². The first-order valence-electron chi connectivity index (χ1n) is 4.98. The van der Waals surface area contributed by atoms with Crippen molar-refractivity contribution in [3.8, 4) is 0 Å². The first-order valence-corrected chi connectivity index (χ1v) is 4.98. The first-order chi connectivity index (χ1) is 7.31. The molecule has 1 heterocycles. The Balaban J connectivity index is 3.01. The van der Waals surface area contributed by atoms with Crippen LogP contribution in [0, 0.1) is 0 Å². The minimum atomic E-state index is 0.751. The van der Waals surface area contributed by atoms with Crippen LogP contribution in [0.15, 0.2) is 44.2 Å². The summed E-state index contributed by atoms with van der Waals surface area (Å²) in [5.41, 5.74) is 2.93. The fourth-order valence-corrected chi connectivity index (χ4v) is 1.35. The fraction of sp³-hybridized carbons (Fsp3) is 0.231. The SMILES string of the molecule is C=CCc1cnc(CC=C)c(CC=C)n1. The number of nitrogens with zero attached hydrogens (tertiary/aromatic N) is 2. The summed E-state index contributed by atoms with van der Waals surface area (Å²) < 4.78 is 0. The van der Waals surface area contributed by atoms with Crippen LogP contribution in [-0.4, -0.2) is 9.97 Å². The summed E-state index contributed by atoms with van der Waals surface area (Å²) in [6, 6.07) is 0. The molecule has 0 aliphatic carbocycles. The molecule has 1 aromatic rings. The van der Waals surface area contributed by atoms with Gasteiger partial charge in [-0.2, -0.15) is 0 Å². The maximum absolute atomic E-state index is 4.52. The molecule has 0 fully saturated rings. The van der Waals surface area contributed by atoms with Crippen molar-refractivity contribution in [3.05, 3.63) is 61.2 Å². The Morgan fingerprint density at radius 1 is 0.933 bits per heavy atom. The van der Waals surface area contributed by atoms with Gasteiger partial charge in [-0.3, -0.25) is 9.97 Å². The molecular formula is C13H16N2. The van der Waals surface area contributed by atoms with E-state index in [2.05, 4.69) is 29.7 Å². The van der Waals surface area contributed by atoms with Gasteiger partial charge in [0.15, 0.2) is 0 Å². The normalized spacial score (nSPS) is 9.60.